The molecule has 27 heavy (non-hydrogen) atoms. The smallest absolute Gasteiger partial charge is 0.164 e. The van der Waals surface area contributed by atoms with Crippen molar-refractivity contribution in [1.82, 2.24) is 9.97 Å². The van der Waals surface area contributed by atoms with Crippen LogP contribution in [0.4, 0.5) is 0 Å². The van der Waals surface area contributed by atoms with Gasteiger partial charge in [0, 0.05) is 16.1 Å². The van der Waals surface area contributed by atoms with E-state index in [0.29, 0.717) is 21.5 Å². The Labute approximate surface area is 175 Å². The first kappa shape index (κ1) is 18.2. The van der Waals surface area contributed by atoms with Crippen LogP contribution in [0.15, 0.2) is 65.3 Å². The highest BCUT2D eigenvalue weighted by Crippen LogP contribution is 2.37. The van der Waals surface area contributed by atoms with Crippen molar-refractivity contribution in [1.29, 1.82) is 0 Å². The van der Waals surface area contributed by atoms with Crippen LogP contribution in [0.2, 0.25) is 10.0 Å². The van der Waals surface area contributed by atoms with Crippen molar-refractivity contribution in [2.24, 2.45) is 0 Å². The summed E-state index contributed by atoms with van der Waals surface area (Å²) in [7, 11) is 0. The highest BCUT2D eigenvalue weighted by Gasteiger charge is 2.11. The summed E-state index contributed by atoms with van der Waals surface area (Å²) in [5, 5.41) is 1.93. The summed E-state index contributed by atoms with van der Waals surface area (Å²) in [6.07, 6.45) is 1.76. The minimum Gasteiger partial charge on any atom is -0.454 e. The fraction of sp³-hybridized carbons (Fsp3) is 0.0476. The molecule has 0 aliphatic heterocycles. The number of nitrogens with zero attached hydrogens (tertiary/aromatic N) is 2. The van der Waals surface area contributed by atoms with Gasteiger partial charge in [-0.25, -0.2) is 4.98 Å². The second kappa shape index (κ2) is 7.47. The van der Waals surface area contributed by atoms with Crippen LogP contribution in [0.5, 0.6) is 11.5 Å². The number of hydrogen-bond acceptors (Lipinski definition) is 3. The molecule has 0 unspecified atom stereocenters. The maximum atomic E-state index is 6.20. The van der Waals surface area contributed by atoms with Gasteiger partial charge in [0.25, 0.3) is 0 Å². The van der Waals surface area contributed by atoms with Crippen LogP contribution in [0.1, 0.15) is 5.56 Å². The van der Waals surface area contributed by atoms with Crippen LogP contribution in [0.3, 0.4) is 0 Å². The molecule has 2 heterocycles. The number of hydrogen-bond donors (Lipinski definition) is 0. The first-order valence-corrected chi connectivity index (χ1v) is 9.71. The lowest BCUT2D eigenvalue weighted by Gasteiger charge is -2.11. The molecule has 0 atom stereocenters. The molecule has 0 saturated heterocycles. The van der Waals surface area contributed by atoms with Gasteiger partial charge in [0.15, 0.2) is 5.75 Å². The van der Waals surface area contributed by atoms with Crippen LogP contribution in [0, 0.1) is 6.92 Å². The number of para-hydroxylation sites is 1. The van der Waals surface area contributed by atoms with E-state index in [9.17, 15) is 0 Å². The van der Waals surface area contributed by atoms with Crippen molar-refractivity contribution in [3.63, 3.8) is 0 Å². The molecule has 0 spiro atoms. The summed E-state index contributed by atoms with van der Waals surface area (Å²) >= 11 is 15.8. The normalized spacial score (nSPS) is 11.0. The maximum absolute atomic E-state index is 6.20. The van der Waals surface area contributed by atoms with E-state index < -0.39 is 0 Å². The van der Waals surface area contributed by atoms with Crippen LogP contribution in [-0.2, 0) is 0 Å². The van der Waals surface area contributed by atoms with E-state index in [4.69, 9.17) is 32.9 Å². The maximum Gasteiger partial charge on any atom is 0.164 e. The first-order valence-electron chi connectivity index (χ1n) is 8.16. The number of aryl methyl sites for hydroxylation is 1. The number of aromatic nitrogens is 2. The first-order chi connectivity index (χ1) is 13.0. The number of pyridine rings is 2. The summed E-state index contributed by atoms with van der Waals surface area (Å²) in [6.45, 7) is 2.04. The molecule has 2 aromatic carbocycles. The van der Waals surface area contributed by atoms with E-state index in [1.54, 1.807) is 24.4 Å². The molecular formula is C21H13BrCl2N2O. The number of halogens is 3. The monoisotopic (exact) mass is 458 g/mol. The van der Waals surface area contributed by atoms with Gasteiger partial charge in [-0.3, -0.25) is 4.98 Å². The molecule has 134 valence electrons. The summed E-state index contributed by atoms with van der Waals surface area (Å²) in [5.74, 6) is 1.10. The van der Waals surface area contributed by atoms with Crippen molar-refractivity contribution in [2.75, 3.05) is 0 Å². The Morgan fingerprint density at radius 2 is 1.70 bits per heavy atom. The predicted octanol–water partition coefficient (Wildman–Crippen LogP) is 7.47. The fourth-order valence-electron chi connectivity index (χ4n) is 2.79. The molecule has 0 radical (unpaired) electrons. The Balaban J connectivity index is 1.74. The van der Waals surface area contributed by atoms with E-state index in [1.165, 1.54) is 0 Å². The highest BCUT2D eigenvalue weighted by atomic mass is 79.9. The standard InChI is InChI=1S/C21H13BrCl2N2O/c1-12-9-20(19-7-5-13(22)11-25-19)26-18-8-6-14(10-15(12)18)27-21-16(23)3-2-4-17(21)24/h2-11H,1H3. The van der Waals surface area contributed by atoms with Crippen LogP contribution < -0.4 is 4.74 Å². The number of benzene rings is 2. The Morgan fingerprint density at radius 3 is 2.41 bits per heavy atom. The van der Waals surface area contributed by atoms with Gasteiger partial charge in [-0.05, 0) is 76.9 Å². The average Bonchev–Trinajstić information content (AvgIpc) is 2.66. The molecule has 0 aliphatic rings. The van der Waals surface area contributed by atoms with Gasteiger partial charge < -0.3 is 4.74 Å². The van der Waals surface area contributed by atoms with Gasteiger partial charge in [-0.2, -0.15) is 0 Å². The van der Waals surface area contributed by atoms with Gasteiger partial charge in [-0.15, -0.1) is 0 Å². The van der Waals surface area contributed by atoms with E-state index in [0.717, 1.165) is 32.3 Å². The van der Waals surface area contributed by atoms with Crippen molar-refractivity contribution < 1.29 is 4.74 Å². The lowest BCUT2D eigenvalue weighted by molar-refractivity contribution is 0.484. The molecule has 0 saturated carbocycles. The Morgan fingerprint density at radius 1 is 0.926 bits per heavy atom. The Hall–Kier alpha value is -2.14. The highest BCUT2D eigenvalue weighted by molar-refractivity contribution is 9.10. The molecule has 3 nitrogen and oxygen atoms in total. The average molecular weight is 460 g/mol. The molecule has 0 fully saturated rings. The van der Waals surface area contributed by atoms with Crippen molar-refractivity contribution in [3.05, 3.63) is 80.9 Å². The number of ether oxygens (including phenoxy) is 1. The summed E-state index contributed by atoms with van der Waals surface area (Å²) < 4.78 is 6.86. The predicted molar refractivity (Wildman–Crippen MR) is 114 cm³/mol. The van der Waals surface area contributed by atoms with Crippen molar-refractivity contribution in [2.45, 2.75) is 6.92 Å². The number of rotatable bonds is 3. The molecule has 6 heteroatoms. The fourth-order valence-corrected chi connectivity index (χ4v) is 3.50. The lowest BCUT2D eigenvalue weighted by Crippen LogP contribution is -1.92. The molecule has 4 rings (SSSR count). The third kappa shape index (κ3) is 3.79. The number of fused-ring (bicyclic) bond motifs is 1. The molecule has 0 amide bonds. The third-order valence-corrected chi connectivity index (χ3v) is 5.18. The lowest BCUT2D eigenvalue weighted by atomic mass is 10.1. The molecule has 0 aliphatic carbocycles. The van der Waals surface area contributed by atoms with Crippen molar-refractivity contribution >= 4 is 50.0 Å². The zero-order chi connectivity index (χ0) is 19.0. The molecule has 4 aromatic rings. The molecule has 0 N–H and O–H groups in total. The topological polar surface area (TPSA) is 35.0 Å². The van der Waals surface area contributed by atoms with Gasteiger partial charge in [0.2, 0.25) is 0 Å². The third-order valence-electron chi connectivity index (χ3n) is 4.12. The van der Waals surface area contributed by atoms with Gasteiger partial charge >= 0.3 is 0 Å². The van der Waals surface area contributed by atoms with Gasteiger partial charge in [0.05, 0.1) is 26.9 Å². The van der Waals surface area contributed by atoms with Gasteiger partial charge in [-0.1, -0.05) is 29.3 Å². The van der Waals surface area contributed by atoms with Gasteiger partial charge in [0.1, 0.15) is 5.75 Å². The largest absolute Gasteiger partial charge is 0.454 e. The van der Waals surface area contributed by atoms with E-state index in [1.807, 2.05) is 43.3 Å². The second-order valence-electron chi connectivity index (χ2n) is 6.02. The zero-order valence-corrected chi connectivity index (χ0v) is 17.3. The Kier molecular flexibility index (Phi) is 5.04. The Bertz CT molecular complexity index is 1130. The van der Waals surface area contributed by atoms with Crippen LogP contribution in [-0.4, -0.2) is 9.97 Å². The van der Waals surface area contributed by atoms with Crippen LogP contribution in [0.25, 0.3) is 22.3 Å². The molecule has 0 bridgehead atoms. The minimum absolute atomic E-state index is 0.446. The van der Waals surface area contributed by atoms with Crippen molar-refractivity contribution in [3.8, 4) is 22.9 Å². The SMILES string of the molecule is Cc1cc(-c2ccc(Br)cn2)nc2ccc(Oc3c(Cl)cccc3Cl)cc12. The summed E-state index contributed by atoms with van der Waals surface area (Å²) in [5.41, 5.74) is 3.60. The molecular weight excluding hydrogens is 447 g/mol. The zero-order valence-electron chi connectivity index (χ0n) is 14.2. The van der Waals surface area contributed by atoms with E-state index in [2.05, 4.69) is 20.9 Å². The molecule has 2 aromatic heterocycles. The minimum atomic E-state index is 0.446. The quantitative estimate of drug-likeness (QED) is 0.318. The second-order valence-corrected chi connectivity index (χ2v) is 7.75. The van der Waals surface area contributed by atoms with E-state index >= 15 is 0 Å². The van der Waals surface area contributed by atoms with Crippen LogP contribution >= 0.6 is 39.1 Å². The summed E-state index contributed by atoms with van der Waals surface area (Å²) in [4.78, 5) is 9.16. The summed E-state index contributed by atoms with van der Waals surface area (Å²) in [6, 6.07) is 16.9. The van der Waals surface area contributed by atoms with E-state index in [-0.39, 0.29) is 0 Å².